The number of rotatable bonds is 7. The second-order valence-electron chi connectivity index (χ2n) is 5.63. The molecule has 0 saturated carbocycles. The Morgan fingerprint density at radius 3 is 2.24 bits per heavy atom. The van der Waals surface area contributed by atoms with Crippen molar-refractivity contribution in [1.29, 1.82) is 0 Å². The van der Waals surface area contributed by atoms with Gasteiger partial charge in [0.2, 0.25) is 0 Å². The number of hydrogen-bond acceptors (Lipinski definition) is 4. The van der Waals surface area contributed by atoms with Gasteiger partial charge in [-0.2, -0.15) is 0 Å². The van der Waals surface area contributed by atoms with Gasteiger partial charge < -0.3 is 9.47 Å². The fourth-order valence-electron chi connectivity index (χ4n) is 2.39. The summed E-state index contributed by atoms with van der Waals surface area (Å²) in [5, 5.41) is 0. The molecule has 0 radical (unpaired) electrons. The molecule has 0 aliphatic heterocycles. The Morgan fingerprint density at radius 2 is 1.76 bits per heavy atom. The number of hydrogen-bond donors (Lipinski definition) is 0. The number of anilines is 1. The maximum atomic E-state index is 13.9. The number of halogens is 1. The zero-order valence-corrected chi connectivity index (χ0v) is 15.5. The first kappa shape index (κ1) is 19.1. The summed E-state index contributed by atoms with van der Waals surface area (Å²) < 4.78 is 51.2. The molecule has 5 nitrogen and oxygen atoms in total. The van der Waals surface area contributed by atoms with Crippen molar-refractivity contribution in [2.75, 3.05) is 18.0 Å². The molecule has 136 valence electrons. The molecule has 0 aliphatic rings. The summed E-state index contributed by atoms with van der Waals surface area (Å²) in [5.74, 6) is -0.0693. The molecule has 0 N–H and O–H groups in total. The Bertz CT molecular complexity index is 819. The van der Waals surface area contributed by atoms with Gasteiger partial charge in [-0.3, -0.25) is 4.31 Å². The lowest BCUT2D eigenvalue weighted by Gasteiger charge is -2.23. The van der Waals surface area contributed by atoms with E-state index < -0.39 is 15.8 Å². The summed E-state index contributed by atoms with van der Waals surface area (Å²) >= 11 is 0. The molecule has 0 unspecified atom stereocenters. The van der Waals surface area contributed by atoms with Crippen LogP contribution in [0.5, 0.6) is 11.5 Å². The minimum Gasteiger partial charge on any atom is -0.494 e. The van der Waals surface area contributed by atoms with Gasteiger partial charge in [-0.25, -0.2) is 12.8 Å². The molecule has 2 rings (SSSR count). The summed E-state index contributed by atoms with van der Waals surface area (Å²) in [5.41, 5.74) is 0.481. The lowest BCUT2D eigenvalue weighted by Crippen LogP contribution is -2.30. The molecule has 25 heavy (non-hydrogen) atoms. The van der Waals surface area contributed by atoms with Gasteiger partial charge in [0.05, 0.1) is 23.8 Å². The van der Waals surface area contributed by atoms with Crippen LogP contribution in [0.1, 0.15) is 20.8 Å². The summed E-state index contributed by atoms with van der Waals surface area (Å²) in [6.45, 7) is 5.75. The lowest BCUT2D eigenvalue weighted by atomic mass is 10.3. The number of nitrogens with zero attached hydrogens (tertiary/aromatic N) is 1. The predicted molar refractivity (Wildman–Crippen MR) is 95.4 cm³/mol. The smallest absolute Gasteiger partial charge is 0.264 e. The standard InChI is InChI=1S/C18H22FNO4S/c1-5-20(14-6-8-15(9-7-14)24-13(2)3)25(21,22)16-10-11-18(23-4)17(19)12-16/h6-13H,5H2,1-4H3. The van der Waals surface area contributed by atoms with Gasteiger partial charge in [0.15, 0.2) is 11.6 Å². The molecular formula is C18H22FNO4S. The highest BCUT2D eigenvalue weighted by molar-refractivity contribution is 7.92. The Morgan fingerprint density at radius 1 is 1.12 bits per heavy atom. The molecule has 0 fully saturated rings. The van der Waals surface area contributed by atoms with Crippen LogP contribution in [0.2, 0.25) is 0 Å². The topological polar surface area (TPSA) is 55.8 Å². The Balaban J connectivity index is 2.36. The zero-order valence-electron chi connectivity index (χ0n) is 14.7. The molecule has 0 atom stereocenters. The quantitative estimate of drug-likeness (QED) is 0.746. The van der Waals surface area contributed by atoms with Crippen molar-refractivity contribution in [3.8, 4) is 11.5 Å². The Hall–Kier alpha value is -2.28. The van der Waals surface area contributed by atoms with Crippen LogP contribution >= 0.6 is 0 Å². The van der Waals surface area contributed by atoms with E-state index in [0.717, 1.165) is 6.07 Å². The van der Waals surface area contributed by atoms with Gasteiger partial charge in [0, 0.05) is 6.54 Å². The number of ether oxygens (including phenoxy) is 2. The van der Waals surface area contributed by atoms with Crippen LogP contribution < -0.4 is 13.8 Å². The third kappa shape index (κ3) is 4.22. The van der Waals surface area contributed by atoms with E-state index in [-0.39, 0.29) is 23.3 Å². The van der Waals surface area contributed by atoms with Crippen LogP contribution in [0.4, 0.5) is 10.1 Å². The van der Waals surface area contributed by atoms with E-state index in [0.29, 0.717) is 11.4 Å². The molecule has 0 aliphatic carbocycles. The van der Waals surface area contributed by atoms with Crippen LogP contribution in [0.25, 0.3) is 0 Å². The summed E-state index contributed by atoms with van der Waals surface area (Å²) in [7, 11) is -2.57. The maximum absolute atomic E-state index is 13.9. The van der Waals surface area contributed by atoms with Crippen molar-refractivity contribution in [2.24, 2.45) is 0 Å². The number of methoxy groups -OCH3 is 1. The molecule has 0 aromatic heterocycles. The predicted octanol–water partition coefficient (Wildman–Crippen LogP) is 3.84. The highest BCUT2D eigenvalue weighted by Crippen LogP contribution is 2.28. The molecule has 0 spiro atoms. The van der Waals surface area contributed by atoms with Crippen molar-refractivity contribution < 1.29 is 22.3 Å². The van der Waals surface area contributed by atoms with Crippen LogP contribution in [0.3, 0.4) is 0 Å². The average molecular weight is 367 g/mol. The maximum Gasteiger partial charge on any atom is 0.264 e. The summed E-state index contributed by atoms with van der Waals surface area (Å²) in [4.78, 5) is -0.129. The number of sulfonamides is 1. The van der Waals surface area contributed by atoms with Gasteiger partial charge in [0.1, 0.15) is 5.75 Å². The van der Waals surface area contributed by atoms with Gasteiger partial charge in [-0.05, 0) is 63.2 Å². The Kier molecular flexibility index (Phi) is 5.89. The second-order valence-corrected chi connectivity index (χ2v) is 7.49. The monoisotopic (exact) mass is 367 g/mol. The highest BCUT2D eigenvalue weighted by Gasteiger charge is 2.25. The van der Waals surface area contributed by atoms with Gasteiger partial charge in [-0.1, -0.05) is 0 Å². The fraction of sp³-hybridized carbons (Fsp3) is 0.333. The Labute approximate surface area is 148 Å². The second kappa shape index (κ2) is 7.74. The van der Waals surface area contributed by atoms with E-state index >= 15 is 0 Å². The van der Waals surface area contributed by atoms with Crippen molar-refractivity contribution in [2.45, 2.75) is 31.8 Å². The molecule has 0 heterocycles. The minimum atomic E-state index is -3.89. The van der Waals surface area contributed by atoms with Crippen LogP contribution in [-0.2, 0) is 10.0 Å². The van der Waals surface area contributed by atoms with E-state index in [2.05, 4.69) is 0 Å². The third-order valence-corrected chi connectivity index (χ3v) is 5.39. The van der Waals surface area contributed by atoms with E-state index in [1.807, 2.05) is 13.8 Å². The molecule has 0 bridgehead atoms. The largest absolute Gasteiger partial charge is 0.494 e. The fourth-order valence-corrected chi connectivity index (χ4v) is 3.88. The first-order valence-electron chi connectivity index (χ1n) is 7.92. The van der Waals surface area contributed by atoms with E-state index in [1.165, 1.54) is 23.5 Å². The molecule has 0 saturated heterocycles. The van der Waals surface area contributed by atoms with Crippen molar-refractivity contribution in [3.63, 3.8) is 0 Å². The summed E-state index contributed by atoms with van der Waals surface area (Å²) in [6, 6.07) is 10.3. The van der Waals surface area contributed by atoms with Crippen molar-refractivity contribution in [3.05, 3.63) is 48.3 Å². The van der Waals surface area contributed by atoms with Crippen molar-refractivity contribution >= 4 is 15.7 Å². The number of benzene rings is 2. The van der Waals surface area contributed by atoms with E-state index in [1.54, 1.807) is 31.2 Å². The first-order valence-corrected chi connectivity index (χ1v) is 9.36. The molecule has 0 amide bonds. The molecule has 7 heteroatoms. The lowest BCUT2D eigenvalue weighted by molar-refractivity contribution is 0.242. The first-order chi connectivity index (χ1) is 11.8. The van der Waals surface area contributed by atoms with Gasteiger partial charge >= 0.3 is 0 Å². The van der Waals surface area contributed by atoms with Crippen LogP contribution in [-0.4, -0.2) is 28.2 Å². The zero-order chi connectivity index (χ0) is 18.6. The molecular weight excluding hydrogens is 345 g/mol. The van der Waals surface area contributed by atoms with Gasteiger partial charge in [-0.15, -0.1) is 0 Å². The molecule has 2 aromatic rings. The SMILES string of the molecule is CCN(c1ccc(OC(C)C)cc1)S(=O)(=O)c1ccc(OC)c(F)c1. The van der Waals surface area contributed by atoms with E-state index in [9.17, 15) is 12.8 Å². The molecule has 2 aromatic carbocycles. The summed E-state index contributed by atoms with van der Waals surface area (Å²) in [6.07, 6.45) is 0.0270. The van der Waals surface area contributed by atoms with Crippen LogP contribution in [0.15, 0.2) is 47.4 Å². The van der Waals surface area contributed by atoms with Crippen molar-refractivity contribution in [1.82, 2.24) is 0 Å². The third-order valence-electron chi connectivity index (χ3n) is 3.49. The normalized spacial score (nSPS) is 11.4. The highest BCUT2D eigenvalue weighted by atomic mass is 32.2. The van der Waals surface area contributed by atoms with E-state index in [4.69, 9.17) is 9.47 Å². The van der Waals surface area contributed by atoms with Gasteiger partial charge in [0.25, 0.3) is 10.0 Å². The average Bonchev–Trinajstić information content (AvgIpc) is 2.56. The van der Waals surface area contributed by atoms with Crippen LogP contribution in [0, 0.1) is 5.82 Å². The minimum absolute atomic E-state index is 0.00261.